The van der Waals surface area contributed by atoms with Crippen molar-refractivity contribution < 1.29 is 4.92 Å². The van der Waals surface area contributed by atoms with Gasteiger partial charge in [0.05, 0.1) is 4.92 Å². The van der Waals surface area contributed by atoms with E-state index in [1.807, 2.05) is 0 Å². The lowest BCUT2D eigenvalue weighted by molar-refractivity contribution is -0.384. The summed E-state index contributed by atoms with van der Waals surface area (Å²) in [5.74, 6) is 0. The third kappa shape index (κ3) is 2.32. The molecule has 0 aliphatic rings. The Morgan fingerprint density at radius 1 is 1.33 bits per heavy atom. The summed E-state index contributed by atoms with van der Waals surface area (Å²) in [6.45, 7) is 0. The van der Waals surface area contributed by atoms with Crippen LogP contribution in [-0.4, -0.2) is 20.1 Å². The van der Waals surface area contributed by atoms with Crippen LogP contribution in [0.4, 0.5) is 5.69 Å². The van der Waals surface area contributed by atoms with Crippen LogP contribution < -0.4 is 0 Å². The highest BCUT2D eigenvalue weighted by molar-refractivity contribution is 7.99. The van der Waals surface area contributed by atoms with Gasteiger partial charge in [-0.25, -0.2) is 4.98 Å². The lowest BCUT2D eigenvalue weighted by Crippen LogP contribution is -1.86. The average molecular weight is 222 g/mol. The minimum absolute atomic E-state index is 0.0781. The molecule has 2 aromatic rings. The van der Waals surface area contributed by atoms with E-state index < -0.39 is 4.92 Å². The molecule has 0 unspecified atom stereocenters. The molecule has 0 bridgehead atoms. The topological polar surface area (TPSA) is 84.7 Å². The quantitative estimate of drug-likeness (QED) is 0.632. The minimum Gasteiger partial charge on any atom is -0.265 e. The molecule has 1 N–H and O–H groups in total. The molecule has 0 aliphatic heterocycles. The first-order chi connectivity index (χ1) is 7.25. The van der Waals surface area contributed by atoms with Gasteiger partial charge in [-0.2, -0.15) is 0 Å². The van der Waals surface area contributed by atoms with Crippen LogP contribution in [0.3, 0.4) is 0 Å². The first-order valence-electron chi connectivity index (χ1n) is 4.04. The number of hydrogen-bond donors (Lipinski definition) is 1. The summed E-state index contributed by atoms with van der Waals surface area (Å²) in [5.41, 5.74) is 0.0781. The minimum atomic E-state index is -0.429. The van der Waals surface area contributed by atoms with Crippen LogP contribution >= 0.6 is 11.8 Å². The van der Waals surface area contributed by atoms with Crippen LogP contribution in [0.1, 0.15) is 0 Å². The summed E-state index contributed by atoms with van der Waals surface area (Å²) in [6.07, 6.45) is 1.48. The van der Waals surface area contributed by atoms with Gasteiger partial charge in [-0.1, -0.05) is 0 Å². The summed E-state index contributed by atoms with van der Waals surface area (Å²) < 4.78 is 0. The Labute approximate surface area is 88.9 Å². The number of aromatic amines is 1. The number of nitrogens with one attached hydrogen (secondary N) is 1. The fraction of sp³-hybridized carbons (Fsp3) is 0. The van der Waals surface area contributed by atoms with Crippen LogP contribution in [0.5, 0.6) is 0 Å². The summed E-state index contributed by atoms with van der Waals surface area (Å²) in [7, 11) is 0. The molecule has 2 rings (SSSR count). The number of H-pyrrole nitrogens is 1. The molecule has 1 aromatic carbocycles. The standard InChI is InChI=1S/C8H6N4O2S/c13-12(14)6-1-3-7(4-2-6)15-8-9-5-10-11-8/h1-5H,(H,9,10,11). The maximum absolute atomic E-state index is 10.4. The van der Waals surface area contributed by atoms with Gasteiger partial charge in [0.2, 0.25) is 5.16 Å². The summed E-state index contributed by atoms with van der Waals surface area (Å²) in [5, 5.41) is 17.4. The van der Waals surface area contributed by atoms with Gasteiger partial charge in [0.1, 0.15) is 6.33 Å². The third-order valence-corrected chi connectivity index (χ3v) is 2.54. The molecular weight excluding hydrogens is 216 g/mol. The predicted molar refractivity (Wildman–Crippen MR) is 53.6 cm³/mol. The molecule has 6 nitrogen and oxygen atoms in total. The van der Waals surface area contributed by atoms with Gasteiger partial charge in [0, 0.05) is 17.0 Å². The van der Waals surface area contributed by atoms with E-state index in [4.69, 9.17) is 0 Å². The second kappa shape index (κ2) is 4.09. The molecule has 0 saturated heterocycles. The Bertz CT molecular complexity index is 454. The number of rotatable bonds is 3. The zero-order valence-corrected chi connectivity index (χ0v) is 8.27. The van der Waals surface area contributed by atoms with Crippen LogP contribution in [-0.2, 0) is 0 Å². The van der Waals surface area contributed by atoms with Crippen LogP contribution in [0.25, 0.3) is 0 Å². The van der Waals surface area contributed by atoms with Crippen molar-refractivity contribution in [3.8, 4) is 0 Å². The second-order valence-corrected chi connectivity index (χ2v) is 3.68. The van der Waals surface area contributed by atoms with Gasteiger partial charge in [-0.15, -0.1) is 5.10 Å². The van der Waals surface area contributed by atoms with Gasteiger partial charge in [0.25, 0.3) is 5.69 Å². The normalized spacial score (nSPS) is 10.1. The van der Waals surface area contributed by atoms with E-state index in [9.17, 15) is 10.1 Å². The van der Waals surface area contributed by atoms with Crippen molar-refractivity contribution in [1.29, 1.82) is 0 Å². The van der Waals surface area contributed by atoms with Gasteiger partial charge < -0.3 is 0 Å². The summed E-state index contributed by atoms with van der Waals surface area (Å²) in [4.78, 5) is 14.8. The number of nitro benzene ring substituents is 1. The monoisotopic (exact) mass is 222 g/mol. The number of benzene rings is 1. The fourth-order valence-electron chi connectivity index (χ4n) is 0.988. The van der Waals surface area contributed by atoms with Gasteiger partial charge in [-0.3, -0.25) is 15.2 Å². The van der Waals surface area contributed by atoms with E-state index in [0.717, 1.165) is 4.90 Å². The molecule has 76 valence electrons. The lowest BCUT2D eigenvalue weighted by Gasteiger charge is -1.95. The molecule has 0 spiro atoms. The van der Waals surface area contributed by atoms with Crippen molar-refractivity contribution in [3.63, 3.8) is 0 Å². The smallest absolute Gasteiger partial charge is 0.265 e. The first kappa shape index (κ1) is 9.66. The molecule has 7 heteroatoms. The average Bonchev–Trinajstić information content (AvgIpc) is 2.71. The van der Waals surface area contributed by atoms with Crippen LogP contribution in [0.15, 0.2) is 40.6 Å². The third-order valence-electron chi connectivity index (χ3n) is 1.65. The molecular formula is C8H6N4O2S. The van der Waals surface area contributed by atoms with Gasteiger partial charge >= 0.3 is 0 Å². The SMILES string of the molecule is O=[N+]([O-])c1ccc(Sc2nc[nH]n2)cc1. The molecule has 0 fully saturated rings. The van der Waals surface area contributed by atoms with E-state index >= 15 is 0 Å². The zero-order chi connectivity index (χ0) is 10.7. The predicted octanol–water partition coefficient (Wildman–Crippen LogP) is 1.86. The highest BCUT2D eigenvalue weighted by Crippen LogP contribution is 2.25. The fourth-order valence-corrected chi connectivity index (χ4v) is 1.67. The number of nitrogens with zero attached hydrogens (tertiary/aromatic N) is 3. The molecule has 0 amide bonds. The molecule has 0 aliphatic carbocycles. The van der Waals surface area contributed by atoms with E-state index in [1.54, 1.807) is 12.1 Å². The van der Waals surface area contributed by atoms with E-state index in [2.05, 4.69) is 15.2 Å². The van der Waals surface area contributed by atoms with Gasteiger partial charge in [0.15, 0.2) is 0 Å². The van der Waals surface area contributed by atoms with E-state index in [1.165, 1.54) is 30.2 Å². The van der Waals surface area contributed by atoms with Crippen molar-refractivity contribution in [2.24, 2.45) is 0 Å². The largest absolute Gasteiger partial charge is 0.269 e. The molecule has 1 aromatic heterocycles. The zero-order valence-electron chi connectivity index (χ0n) is 7.45. The maximum Gasteiger partial charge on any atom is 0.269 e. The molecule has 0 atom stereocenters. The Morgan fingerprint density at radius 3 is 2.60 bits per heavy atom. The van der Waals surface area contributed by atoms with Crippen molar-refractivity contribution in [2.45, 2.75) is 10.1 Å². The lowest BCUT2D eigenvalue weighted by atomic mass is 10.3. The van der Waals surface area contributed by atoms with Crippen molar-refractivity contribution in [1.82, 2.24) is 15.2 Å². The Morgan fingerprint density at radius 2 is 2.07 bits per heavy atom. The highest BCUT2D eigenvalue weighted by atomic mass is 32.2. The van der Waals surface area contributed by atoms with Crippen molar-refractivity contribution in [2.75, 3.05) is 0 Å². The summed E-state index contributed by atoms with van der Waals surface area (Å²) in [6, 6.07) is 6.24. The molecule has 1 heterocycles. The van der Waals surface area contributed by atoms with Crippen molar-refractivity contribution >= 4 is 17.4 Å². The van der Waals surface area contributed by atoms with E-state index in [0.29, 0.717) is 5.16 Å². The molecule has 0 radical (unpaired) electrons. The second-order valence-electron chi connectivity index (χ2n) is 2.63. The number of aromatic nitrogens is 3. The number of nitro groups is 1. The first-order valence-corrected chi connectivity index (χ1v) is 4.85. The van der Waals surface area contributed by atoms with Crippen molar-refractivity contribution in [3.05, 3.63) is 40.7 Å². The van der Waals surface area contributed by atoms with Gasteiger partial charge in [-0.05, 0) is 23.9 Å². The summed E-state index contributed by atoms with van der Waals surface area (Å²) >= 11 is 1.34. The molecule has 0 saturated carbocycles. The maximum atomic E-state index is 10.4. The number of non-ortho nitro benzene ring substituents is 1. The Kier molecular flexibility index (Phi) is 2.64. The van der Waals surface area contributed by atoms with E-state index in [-0.39, 0.29) is 5.69 Å². The highest BCUT2D eigenvalue weighted by Gasteiger charge is 2.05. The Hall–Kier alpha value is -1.89. The molecule has 15 heavy (non-hydrogen) atoms. The van der Waals surface area contributed by atoms with Crippen LogP contribution in [0, 0.1) is 10.1 Å². The number of hydrogen-bond acceptors (Lipinski definition) is 5. The van der Waals surface area contributed by atoms with Crippen LogP contribution in [0.2, 0.25) is 0 Å². The Balaban J connectivity index is 2.14.